The Kier molecular flexibility index (Phi) is 9.36. The third kappa shape index (κ3) is 7.76. The molecule has 4 rings (SSSR count). The van der Waals surface area contributed by atoms with E-state index in [1.807, 2.05) is 0 Å². The lowest BCUT2D eigenvalue weighted by Gasteiger charge is -2.13. The second-order valence-electron chi connectivity index (χ2n) is 9.18. The molecule has 1 atom stereocenters. The van der Waals surface area contributed by atoms with Crippen LogP contribution in [0.25, 0.3) is 0 Å². The summed E-state index contributed by atoms with van der Waals surface area (Å²) in [6.07, 6.45) is 0. The first-order valence-electron chi connectivity index (χ1n) is 12.2. The van der Waals surface area contributed by atoms with Crippen LogP contribution in [0.4, 0.5) is 45.5 Å². The number of nitro groups is 2. The second kappa shape index (κ2) is 12.7. The zero-order valence-electron chi connectivity index (χ0n) is 22.8. The van der Waals surface area contributed by atoms with E-state index in [2.05, 4.69) is 20.2 Å². The molecule has 0 spiro atoms. The van der Waals surface area contributed by atoms with Crippen molar-refractivity contribution in [2.45, 2.75) is 14.7 Å². The van der Waals surface area contributed by atoms with Crippen molar-refractivity contribution in [2.24, 2.45) is 16.2 Å². The molecular formula is C24H22N8O11S3+. The lowest BCUT2D eigenvalue weighted by atomic mass is 10.2. The molecular weight excluding hydrogens is 673 g/mol. The van der Waals surface area contributed by atoms with Crippen molar-refractivity contribution < 1.29 is 39.7 Å². The van der Waals surface area contributed by atoms with Crippen LogP contribution in [0.5, 0.6) is 0 Å². The van der Waals surface area contributed by atoms with Gasteiger partial charge in [-0.1, -0.05) is 0 Å². The predicted octanol–water partition coefficient (Wildman–Crippen LogP) is 3.04. The van der Waals surface area contributed by atoms with E-state index in [4.69, 9.17) is 16.2 Å². The summed E-state index contributed by atoms with van der Waals surface area (Å²) in [5.41, 5.74) is -0.783. The van der Waals surface area contributed by atoms with E-state index in [0.29, 0.717) is 11.4 Å². The molecule has 0 aliphatic rings. The summed E-state index contributed by atoms with van der Waals surface area (Å²) in [7, 11) is -13.0. The number of primary sulfonamides is 2. The van der Waals surface area contributed by atoms with Crippen LogP contribution in [-0.4, -0.2) is 26.7 Å². The number of anilines is 6. The lowest BCUT2D eigenvalue weighted by Crippen LogP contribution is -2.18. The molecule has 0 fully saturated rings. The highest BCUT2D eigenvalue weighted by Crippen LogP contribution is 2.36. The number of nitrogens with zero attached hydrogens (tertiary/aromatic N) is 2. The third-order valence-corrected chi connectivity index (χ3v) is 9.04. The van der Waals surface area contributed by atoms with Gasteiger partial charge in [-0.2, -0.15) is 5.90 Å². The van der Waals surface area contributed by atoms with Crippen molar-refractivity contribution in [3.05, 3.63) is 99.1 Å². The Labute approximate surface area is 261 Å². The number of hydrogen-bond acceptors (Lipinski definition) is 14. The van der Waals surface area contributed by atoms with Gasteiger partial charge >= 0.3 is 10.5 Å². The Bertz CT molecular complexity index is 2130. The van der Waals surface area contributed by atoms with Gasteiger partial charge in [-0.15, -0.1) is 0 Å². The lowest BCUT2D eigenvalue weighted by molar-refractivity contribution is -0.384. The Balaban J connectivity index is 1.61. The highest BCUT2D eigenvalue weighted by atomic mass is 32.3. The van der Waals surface area contributed by atoms with Crippen LogP contribution in [0.15, 0.2) is 93.5 Å². The molecule has 22 heteroatoms. The van der Waals surface area contributed by atoms with Crippen molar-refractivity contribution in [1.82, 2.24) is 0 Å². The molecule has 19 nitrogen and oxygen atoms in total. The molecule has 0 saturated carbocycles. The maximum absolute atomic E-state index is 12.7. The van der Waals surface area contributed by atoms with Crippen LogP contribution in [-0.2, 0) is 43.6 Å². The fourth-order valence-electron chi connectivity index (χ4n) is 3.96. The second-order valence-corrected chi connectivity index (χ2v) is 13.8. The summed E-state index contributed by atoms with van der Waals surface area (Å²) >= 11 is 0. The molecule has 4 aromatic rings. The summed E-state index contributed by atoms with van der Waals surface area (Å²) in [5, 5.41) is 41.5. The summed E-state index contributed by atoms with van der Waals surface area (Å²) in [5.74, 6) is 4.99. The molecule has 1 radical (unpaired) electrons. The number of sulfonamides is 2. The van der Waals surface area contributed by atoms with Crippen LogP contribution in [0, 0.1) is 20.2 Å². The first-order valence-corrected chi connectivity index (χ1v) is 16.7. The number of nitrogens with one attached hydrogen (secondary N) is 3. The number of nitrogens with two attached hydrogens (primary N) is 3. The number of rotatable bonds is 12. The molecule has 0 aliphatic carbocycles. The van der Waals surface area contributed by atoms with Crippen molar-refractivity contribution in [3.8, 4) is 0 Å². The van der Waals surface area contributed by atoms with E-state index >= 15 is 0 Å². The van der Waals surface area contributed by atoms with E-state index < -0.39 is 66.4 Å². The number of hydrogen-bond donors (Lipinski definition) is 6. The molecule has 0 aromatic heterocycles. The van der Waals surface area contributed by atoms with E-state index in [1.165, 1.54) is 42.5 Å². The van der Waals surface area contributed by atoms with Crippen LogP contribution in [0.2, 0.25) is 0 Å². The quantitative estimate of drug-likeness (QED) is 0.0705. The van der Waals surface area contributed by atoms with Crippen molar-refractivity contribution in [1.29, 1.82) is 0 Å². The van der Waals surface area contributed by atoms with Gasteiger partial charge in [0.05, 0.1) is 24.2 Å². The Morgan fingerprint density at radius 1 is 0.630 bits per heavy atom. The van der Waals surface area contributed by atoms with Crippen LogP contribution in [0.1, 0.15) is 0 Å². The molecule has 9 N–H and O–H groups in total. The first-order chi connectivity index (χ1) is 21.4. The zero-order valence-corrected chi connectivity index (χ0v) is 25.3. The van der Waals surface area contributed by atoms with Gasteiger partial charge in [-0.05, 0) is 69.2 Å². The average molecular weight is 695 g/mol. The summed E-state index contributed by atoms with van der Waals surface area (Å²) in [4.78, 5) is 20.0. The van der Waals surface area contributed by atoms with Gasteiger partial charge in [0.15, 0.2) is 0 Å². The molecule has 46 heavy (non-hydrogen) atoms. The van der Waals surface area contributed by atoms with Crippen LogP contribution in [0.3, 0.4) is 0 Å². The number of benzene rings is 4. The van der Waals surface area contributed by atoms with Crippen molar-refractivity contribution >= 4 is 76.0 Å². The highest BCUT2D eigenvalue weighted by molar-refractivity contribution is 7.93. The SMILES string of the molecule is NO[S+]([O])(=O)c1cc(Nc2ccc(S(N)(=O)=O)cc2[N+](=O)[O-])ccc1Nc1ccc(Nc2ccc(S(N)(=O)=O)cc2[N+](=O)[O-])cc1. The minimum Gasteiger partial charge on any atom is -0.351 e. The molecule has 4 aromatic carbocycles. The van der Waals surface area contributed by atoms with E-state index in [1.54, 1.807) is 0 Å². The Morgan fingerprint density at radius 2 is 1.00 bits per heavy atom. The summed E-state index contributed by atoms with van der Waals surface area (Å²) in [6, 6.07) is 15.6. The largest absolute Gasteiger partial charge is 0.449 e. The van der Waals surface area contributed by atoms with E-state index in [0.717, 1.165) is 36.4 Å². The average Bonchev–Trinajstić information content (AvgIpc) is 2.97. The fraction of sp³-hybridized carbons (Fsp3) is 0. The van der Waals surface area contributed by atoms with Crippen molar-refractivity contribution in [3.63, 3.8) is 0 Å². The first kappa shape index (κ1) is 33.8. The molecule has 1 unspecified atom stereocenters. The van der Waals surface area contributed by atoms with Gasteiger partial charge in [0.2, 0.25) is 20.0 Å². The normalized spacial score (nSPS) is 13.0. The van der Waals surface area contributed by atoms with Gasteiger partial charge in [0, 0.05) is 35.3 Å². The van der Waals surface area contributed by atoms with Crippen LogP contribution >= 0.6 is 0 Å². The Hall–Kier alpha value is -5.07. The van der Waals surface area contributed by atoms with E-state index in [9.17, 15) is 45.8 Å². The van der Waals surface area contributed by atoms with Crippen LogP contribution < -0.4 is 32.1 Å². The van der Waals surface area contributed by atoms with Gasteiger partial charge in [0.1, 0.15) is 17.1 Å². The predicted molar refractivity (Wildman–Crippen MR) is 164 cm³/mol. The maximum atomic E-state index is 12.7. The van der Waals surface area contributed by atoms with Gasteiger partial charge in [-0.3, -0.25) is 20.2 Å². The maximum Gasteiger partial charge on any atom is 0.449 e. The van der Waals surface area contributed by atoms with Gasteiger partial charge < -0.3 is 16.0 Å². The Morgan fingerprint density at radius 3 is 1.39 bits per heavy atom. The minimum atomic E-state index is -4.57. The molecule has 0 aliphatic heterocycles. The monoisotopic (exact) mass is 694 g/mol. The molecule has 0 saturated heterocycles. The zero-order chi connectivity index (χ0) is 34.0. The standard InChI is InChI=1S/C24H22N8O11S3/c25-43-46(41,42)24-11-16(30-20-10-7-18(45(27,39)40)13-23(20)32(35)36)5-8-21(24)29-15-3-1-14(2-4-15)28-19-9-6-17(44(26,37)38)12-22(19)31(33)34/h1-13,28-30H,25H2,(H2,26,37,38)(H2,27,39,40)/q+1. The molecule has 0 heterocycles. The van der Waals surface area contributed by atoms with Gasteiger partial charge in [0.25, 0.3) is 16.3 Å². The smallest absolute Gasteiger partial charge is 0.351 e. The highest BCUT2D eigenvalue weighted by Gasteiger charge is 2.38. The molecule has 0 bridgehead atoms. The summed E-state index contributed by atoms with van der Waals surface area (Å²) in [6.45, 7) is 0. The fourth-order valence-corrected chi connectivity index (χ4v) is 5.79. The summed E-state index contributed by atoms with van der Waals surface area (Å²) < 4.78 is 75.9. The van der Waals surface area contributed by atoms with Gasteiger partial charge in [-0.25, -0.2) is 27.1 Å². The van der Waals surface area contributed by atoms with E-state index in [-0.39, 0.29) is 22.7 Å². The third-order valence-electron chi connectivity index (χ3n) is 6.09. The van der Waals surface area contributed by atoms with Crippen molar-refractivity contribution in [2.75, 3.05) is 16.0 Å². The minimum absolute atomic E-state index is 0.0160. The molecule has 241 valence electrons. The number of nitro benzene ring substituents is 2. The molecule has 0 amide bonds. The topological polar surface area (TPSA) is 315 Å².